The van der Waals surface area contributed by atoms with E-state index >= 15 is 0 Å². The Balaban J connectivity index is 1.48. The van der Waals surface area contributed by atoms with Crippen LogP contribution in [0.2, 0.25) is 10.0 Å². The predicted molar refractivity (Wildman–Crippen MR) is 137 cm³/mol. The Bertz CT molecular complexity index is 1470. The number of nitrogens with zero attached hydrogens (tertiary/aromatic N) is 2. The first-order valence-corrected chi connectivity index (χ1v) is 11.7. The quantitative estimate of drug-likeness (QED) is 0.318. The number of ether oxygens (including phenoxy) is 1. The Hall–Kier alpha value is -3.85. The van der Waals surface area contributed by atoms with Gasteiger partial charge in [-0.2, -0.15) is 5.26 Å². The number of rotatable bonds is 4. The minimum atomic E-state index is -0.671. The first-order chi connectivity index (χ1) is 17.0. The Morgan fingerprint density at radius 1 is 1.06 bits per heavy atom. The molecule has 0 bridgehead atoms. The SMILES string of the molecule is N#Cc1c(NC(=O)OCc2ccccc2)ncc2c1-c1ccccc1C(c1ccc(Cl)c(Cl)c1)C2. The van der Waals surface area contributed by atoms with Crippen LogP contribution in [0.1, 0.15) is 33.7 Å². The number of carbonyl (C=O) groups excluding carboxylic acids is 1. The molecule has 1 aliphatic rings. The van der Waals surface area contributed by atoms with Crippen LogP contribution in [0.15, 0.2) is 79.0 Å². The van der Waals surface area contributed by atoms with Gasteiger partial charge in [-0.05, 0) is 46.4 Å². The van der Waals surface area contributed by atoms with E-state index in [0.717, 1.165) is 33.4 Å². The lowest BCUT2D eigenvalue weighted by Gasteiger charge is -2.29. The average Bonchev–Trinajstić information content (AvgIpc) is 2.89. The second-order valence-corrected chi connectivity index (χ2v) is 9.01. The second-order valence-electron chi connectivity index (χ2n) is 8.20. The maximum Gasteiger partial charge on any atom is 0.413 e. The number of fused-ring (bicyclic) bond motifs is 3. The van der Waals surface area contributed by atoms with Crippen LogP contribution in [-0.4, -0.2) is 11.1 Å². The molecule has 1 unspecified atom stereocenters. The molecule has 0 fully saturated rings. The van der Waals surface area contributed by atoms with Crippen molar-refractivity contribution >= 4 is 35.1 Å². The third-order valence-electron chi connectivity index (χ3n) is 6.08. The van der Waals surface area contributed by atoms with E-state index in [2.05, 4.69) is 16.4 Å². The molecule has 1 aromatic heterocycles. The molecular weight excluding hydrogens is 481 g/mol. The van der Waals surface area contributed by atoms with Crippen molar-refractivity contribution in [1.29, 1.82) is 5.26 Å². The Morgan fingerprint density at radius 3 is 2.60 bits per heavy atom. The molecule has 1 amide bonds. The highest BCUT2D eigenvalue weighted by Gasteiger charge is 2.30. The van der Waals surface area contributed by atoms with Crippen molar-refractivity contribution in [2.75, 3.05) is 5.32 Å². The van der Waals surface area contributed by atoms with Crippen molar-refractivity contribution in [3.8, 4) is 17.2 Å². The number of pyridine rings is 1. The average molecular weight is 500 g/mol. The maximum absolute atomic E-state index is 12.5. The van der Waals surface area contributed by atoms with Crippen molar-refractivity contribution in [3.05, 3.63) is 117 Å². The molecule has 0 aliphatic heterocycles. The zero-order valence-corrected chi connectivity index (χ0v) is 20.0. The van der Waals surface area contributed by atoms with Gasteiger partial charge in [0, 0.05) is 17.7 Å². The zero-order chi connectivity index (χ0) is 24.4. The van der Waals surface area contributed by atoms with Crippen molar-refractivity contribution in [2.45, 2.75) is 18.9 Å². The summed E-state index contributed by atoms with van der Waals surface area (Å²) in [7, 11) is 0. The van der Waals surface area contributed by atoms with Gasteiger partial charge < -0.3 is 4.74 Å². The van der Waals surface area contributed by atoms with Gasteiger partial charge in [0.05, 0.1) is 10.0 Å². The van der Waals surface area contributed by atoms with Crippen LogP contribution in [0.4, 0.5) is 10.6 Å². The minimum Gasteiger partial charge on any atom is -0.444 e. The van der Waals surface area contributed by atoms with E-state index in [0.29, 0.717) is 22.0 Å². The van der Waals surface area contributed by atoms with Gasteiger partial charge >= 0.3 is 6.09 Å². The summed E-state index contributed by atoms with van der Waals surface area (Å²) in [6.07, 6.45) is 1.67. The third-order valence-corrected chi connectivity index (χ3v) is 6.82. The van der Waals surface area contributed by atoms with Gasteiger partial charge in [-0.3, -0.25) is 5.32 Å². The number of hydrogen-bond donors (Lipinski definition) is 1. The van der Waals surface area contributed by atoms with Crippen molar-refractivity contribution in [1.82, 2.24) is 4.98 Å². The van der Waals surface area contributed by atoms with E-state index in [1.165, 1.54) is 0 Å². The molecule has 1 aliphatic carbocycles. The van der Waals surface area contributed by atoms with E-state index in [9.17, 15) is 10.1 Å². The van der Waals surface area contributed by atoms with Crippen LogP contribution in [0.5, 0.6) is 0 Å². The number of halogens is 2. The highest BCUT2D eigenvalue weighted by molar-refractivity contribution is 6.42. The van der Waals surface area contributed by atoms with Gasteiger partial charge in [-0.15, -0.1) is 0 Å². The lowest BCUT2D eigenvalue weighted by molar-refractivity contribution is 0.155. The summed E-state index contributed by atoms with van der Waals surface area (Å²) in [6.45, 7) is 0.119. The van der Waals surface area contributed by atoms with Crippen molar-refractivity contribution < 1.29 is 9.53 Å². The number of carbonyl (C=O) groups is 1. The van der Waals surface area contributed by atoms with Gasteiger partial charge in [0.25, 0.3) is 0 Å². The van der Waals surface area contributed by atoms with Crippen LogP contribution < -0.4 is 5.32 Å². The van der Waals surface area contributed by atoms with Gasteiger partial charge in [-0.1, -0.05) is 83.9 Å². The van der Waals surface area contributed by atoms with Crippen molar-refractivity contribution in [3.63, 3.8) is 0 Å². The fourth-order valence-corrected chi connectivity index (χ4v) is 4.76. The number of nitriles is 1. The molecule has 172 valence electrons. The van der Waals surface area contributed by atoms with Crippen LogP contribution in [-0.2, 0) is 17.8 Å². The molecule has 0 spiro atoms. The zero-order valence-electron chi connectivity index (χ0n) is 18.5. The molecular formula is C28H19Cl2N3O2. The van der Waals surface area contributed by atoms with E-state index in [1.54, 1.807) is 12.3 Å². The van der Waals surface area contributed by atoms with E-state index in [4.69, 9.17) is 27.9 Å². The molecule has 1 heterocycles. The van der Waals surface area contributed by atoms with Gasteiger partial charge in [0.15, 0.2) is 5.82 Å². The topological polar surface area (TPSA) is 75.0 Å². The fourth-order valence-electron chi connectivity index (χ4n) is 4.46. The first kappa shape index (κ1) is 22.9. The molecule has 3 aromatic carbocycles. The third kappa shape index (κ3) is 4.59. The number of benzene rings is 3. The summed E-state index contributed by atoms with van der Waals surface area (Å²) in [5, 5.41) is 13.7. The van der Waals surface area contributed by atoms with Gasteiger partial charge in [-0.25, -0.2) is 9.78 Å². The van der Waals surface area contributed by atoms with Crippen LogP contribution in [0, 0.1) is 11.3 Å². The van der Waals surface area contributed by atoms with E-state index < -0.39 is 6.09 Å². The summed E-state index contributed by atoms with van der Waals surface area (Å²) in [4.78, 5) is 16.9. The summed E-state index contributed by atoms with van der Waals surface area (Å²) < 4.78 is 5.32. The summed E-state index contributed by atoms with van der Waals surface area (Å²) in [5.74, 6) is 0.198. The molecule has 0 saturated heterocycles. The summed E-state index contributed by atoms with van der Waals surface area (Å²) >= 11 is 12.4. The first-order valence-electron chi connectivity index (χ1n) is 11.0. The standard InChI is InChI=1S/C28H19Cl2N3O2/c29-24-11-10-18(13-25(24)30)22-12-19-15-32-27(33-28(34)35-16-17-6-2-1-3-7-17)23(14-31)26(19)21-9-5-4-8-20(21)22/h1-11,13,15,22H,12,16H2,(H,32,33,34). The van der Waals surface area contributed by atoms with Crippen LogP contribution >= 0.6 is 23.2 Å². The highest BCUT2D eigenvalue weighted by atomic mass is 35.5. The Kier molecular flexibility index (Phi) is 6.41. The maximum atomic E-state index is 12.5. The van der Waals surface area contributed by atoms with Gasteiger partial charge in [0.1, 0.15) is 18.2 Å². The molecule has 7 heteroatoms. The minimum absolute atomic E-state index is 0.0245. The largest absolute Gasteiger partial charge is 0.444 e. The fraction of sp³-hybridized carbons (Fsp3) is 0.107. The summed E-state index contributed by atoms with van der Waals surface area (Å²) in [5.41, 5.74) is 5.88. The second kappa shape index (κ2) is 9.79. The van der Waals surface area contributed by atoms with Crippen molar-refractivity contribution in [2.24, 2.45) is 0 Å². The molecule has 4 aromatic rings. The number of anilines is 1. The number of amides is 1. The van der Waals surface area contributed by atoms with E-state index in [-0.39, 0.29) is 18.3 Å². The highest BCUT2D eigenvalue weighted by Crippen LogP contribution is 2.45. The molecule has 5 rings (SSSR count). The normalized spacial score (nSPS) is 13.8. The number of aromatic nitrogens is 1. The molecule has 1 N–H and O–H groups in total. The van der Waals surface area contributed by atoms with E-state index in [1.807, 2.05) is 66.7 Å². The molecule has 1 atom stereocenters. The Morgan fingerprint density at radius 2 is 1.83 bits per heavy atom. The molecule has 5 nitrogen and oxygen atoms in total. The molecule has 0 saturated carbocycles. The van der Waals surface area contributed by atoms with Crippen LogP contribution in [0.3, 0.4) is 0 Å². The monoisotopic (exact) mass is 499 g/mol. The molecule has 0 radical (unpaired) electrons. The lowest BCUT2D eigenvalue weighted by Crippen LogP contribution is -2.18. The van der Waals surface area contributed by atoms with Crippen LogP contribution in [0.25, 0.3) is 11.1 Å². The predicted octanol–water partition coefficient (Wildman–Crippen LogP) is 7.36. The lowest BCUT2D eigenvalue weighted by atomic mass is 9.75. The summed E-state index contributed by atoms with van der Waals surface area (Å²) in [6, 6.07) is 25.2. The van der Waals surface area contributed by atoms with Gasteiger partial charge in [0.2, 0.25) is 0 Å². The number of nitrogens with one attached hydrogen (secondary N) is 1. The smallest absolute Gasteiger partial charge is 0.413 e. The molecule has 35 heavy (non-hydrogen) atoms. The Labute approximate surface area is 212 Å². The number of hydrogen-bond acceptors (Lipinski definition) is 4.